The number of aromatic nitrogens is 1. The smallest absolute Gasteiger partial charge is 0.272 e. The first-order chi connectivity index (χ1) is 12.9. The van der Waals surface area contributed by atoms with Gasteiger partial charge in [-0.25, -0.2) is 0 Å². The van der Waals surface area contributed by atoms with Gasteiger partial charge in [0.05, 0.1) is 11.1 Å². The van der Waals surface area contributed by atoms with Crippen molar-refractivity contribution in [1.29, 1.82) is 0 Å². The number of rotatable bonds is 6. The Balaban J connectivity index is 2.14. The number of amides is 1. The highest BCUT2D eigenvalue weighted by Gasteiger charge is 2.25. The van der Waals surface area contributed by atoms with Crippen LogP contribution in [0.2, 0.25) is 0 Å². The number of hydrogen-bond donors (Lipinski definition) is 1. The summed E-state index contributed by atoms with van der Waals surface area (Å²) in [6, 6.07) is 7.30. The van der Waals surface area contributed by atoms with E-state index in [-0.39, 0.29) is 5.91 Å². The average Bonchev–Trinajstić information content (AvgIpc) is 2.65. The van der Waals surface area contributed by atoms with E-state index in [1.807, 2.05) is 38.3 Å². The first-order valence-corrected chi connectivity index (χ1v) is 9.54. The minimum atomic E-state index is -0.713. The van der Waals surface area contributed by atoms with Gasteiger partial charge in [0.25, 0.3) is 5.91 Å². The van der Waals surface area contributed by atoms with E-state index in [0.29, 0.717) is 17.9 Å². The Morgan fingerprint density at radius 2 is 2.19 bits per heavy atom. The maximum atomic E-state index is 12.6. The van der Waals surface area contributed by atoms with Crippen molar-refractivity contribution in [1.82, 2.24) is 10.3 Å². The number of ether oxygens (including phenoxy) is 2. The molecule has 0 aliphatic rings. The lowest BCUT2D eigenvalue weighted by molar-refractivity contribution is -0.125. The van der Waals surface area contributed by atoms with Crippen molar-refractivity contribution in [3.8, 4) is 29.9 Å². The van der Waals surface area contributed by atoms with Crippen LogP contribution in [-0.4, -0.2) is 41.8 Å². The molecule has 1 unspecified atom stereocenters. The van der Waals surface area contributed by atoms with E-state index in [2.05, 4.69) is 28.1 Å². The van der Waals surface area contributed by atoms with Crippen LogP contribution >= 0.6 is 11.8 Å². The van der Waals surface area contributed by atoms with Crippen molar-refractivity contribution in [2.75, 3.05) is 20.0 Å². The van der Waals surface area contributed by atoms with E-state index in [4.69, 9.17) is 15.9 Å². The van der Waals surface area contributed by atoms with Crippen LogP contribution in [0, 0.1) is 24.2 Å². The van der Waals surface area contributed by atoms with Crippen molar-refractivity contribution in [2.45, 2.75) is 24.8 Å². The highest BCUT2D eigenvalue weighted by atomic mass is 32.2. The van der Waals surface area contributed by atoms with Gasteiger partial charge in [-0.05, 0) is 44.4 Å². The van der Waals surface area contributed by atoms with Gasteiger partial charge in [0.1, 0.15) is 12.4 Å². The second kappa shape index (κ2) is 9.32. The Bertz CT molecular complexity index is 922. The maximum absolute atomic E-state index is 12.6. The average molecular weight is 382 g/mol. The van der Waals surface area contributed by atoms with Crippen LogP contribution in [0.15, 0.2) is 30.5 Å². The van der Waals surface area contributed by atoms with Crippen molar-refractivity contribution >= 4 is 28.6 Å². The molecule has 6 heteroatoms. The summed E-state index contributed by atoms with van der Waals surface area (Å²) >= 11 is 1.30. The largest absolute Gasteiger partial charge is 0.470 e. The van der Waals surface area contributed by atoms with Gasteiger partial charge in [0, 0.05) is 24.3 Å². The van der Waals surface area contributed by atoms with E-state index in [9.17, 15) is 4.79 Å². The maximum Gasteiger partial charge on any atom is 0.272 e. The molecule has 0 radical (unpaired) electrons. The fraction of sp³-hybridized carbons (Fsp3) is 0.333. The summed E-state index contributed by atoms with van der Waals surface area (Å²) in [4.78, 5) is 16.9. The second-order valence-corrected chi connectivity index (χ2v) is 7.16. The SMILES string of the molecule is C#Cc1cnc2ccc(OC(SC)C(=O)NC(C)(C)C#CCOC)cc2c1. The summed E-state index contributed by atoms with van der Waals surface area (Å²) < 4.78 is 10.8. The summed E-state index contributed by atoms with van der Waals surface area (Å²) in [7, 11) is 1.57. The molecular formula is C21H22N2O3S. The second-order valence-electron chi connectivity index (χ2n) is 6.26. The third-order valence-electron chi connectivity index (χ3n) is 3.54. The molecule has 2 rings (SSSR count). The van der Waals surface area contributed by atoms with Crippen LogP contribution in [0.4, 0.5) is 0 Å². The van der Waals surface area contributed by atoms with Crippen LogP contribution in [0.3, 0.4) is 0 Å². The third-order valence-corrected chi connectivity index (χ3v) is 4.28. The van der Waals surface area contributed by atoms with Crippen molar-refractivity contribution in [3.63, 3.8) is 0 Å². The lowest BCUT2D eigenvalue weighted by Crippen LogP contribution is -2.47. The first kappa shape index (κ1) is 20.6. The summed E-state index contributed by atoms with van der Waals surface area (Å²) in [5.74, 6) is 8.71. The van der Waals surface area contributed by atoms with Gasteiger partial charge in [-0.3, -0.25) is 9.78 Å². The molecule has 0 fully saturated rings. The number of fused-ring (bicyclic) bond motifs is 1. The summed E-state index contributed by atoms with van der Waals surface area (Å²) in [5.41, 5.74) is 0.0908. The molecule has 2 aromatic rings. The molecule has 5 nitrogen and oxygen atoms in total. The van der Waals surface area contributed by atoms with E-state index < -0.39 is 11.0 Å². The van der Waals surface area contributed by atoms with Crippen molar-refractivity contribution in [2.24, 2.45) is 0 Å². The number of nitrogens with zero attached hydrogens (tertiary/aromatic N) is 1. The molecule has 0 bridgehead atoms. The van der Waals surface area contributed by atoms with E-state index in [1.54, 1.807) is 19.4 Å². The first-order valence-electron chi connectivity index (χ1n) is 8.25. The number of carbonyl (C=O) groups excluding carboxylic acids is 1. The van der Waals surface area contributed by atoms with E-state index in [0.717, 1.165) is 10.9 Å². The molecule has 0 saturated carbocycles. The molecule has 0 spiro atoms. The summed E-state index contributed by atoms with van der Waals surface area (Å²) in [6.45, 7) is 3.97. The minimum Gasteiger partial charge on any atom is -0.470 e. The number of nitrogens with one attached hydrogen (secondary N) is 1. The standard InChI is InChI=1S/C21H22N2O3S/c1-6-15-12-16-13-17(8-9-18(16)22-14-15)26-20(27-5)19(24)23-21(2,3)10-7-11-25-4/h1,8-9,12-14,20H,11H2,2-5H3,(H,23,24). The zero-order valence-electron chi connectivity index (χ0n) is 15.8. The van der Waals surface area contributed by atoms with Gasteiger partial charge in [0.2, 0.25) is 5.44 Å². The molecule has 0 saturated heterocycles. The Morgan fingerprint density at radius 3 is 2.85 bits per heavy atom. The van der Waals surface area contributed by atoms with Crippen molar-refractivity contribution < 1.29 is 14.3 Å². The van der Waals surface area contributed by atoms with E-state index >= 15 is 0 Å². The topological polar surface area (TPSA) is 60.5 Å². The molecule has 1 amide bonds. The number of terminal acetylenes is 1. The predicted molar refractivity (Wildman–Crippen MR) is 109 cm³/mol. The minimum absolute atomic E-state index is 0.255. The number of methoxy groups -OCH3 is 1. The lowest BCUT2D eigenvalue weighted by atomic mass is 10.1. The number of benzene rings is 1. The molecule has 1 atom stereocenters. The van der Waals surface area contributed by atoms with Gasteiger partial charge in [0.15, 0.2) is 0 Å². The third kappa shape index (κ3) is 5.92. The Hall–Kier alpha value is -2.67. The molecule has 1 N–H and O–H groups in total. The lowest BCUT2D eigenvalue weighted by Gasteiger charge is -2.24. The fourth-order valence-electron chi connectivity index (χ4n) is 2.32. The molecule has 1 aromatic carbocycles. The van der Waals surface area contributed by atoms with Gasteiger partial charge in [-0.15, -0.1) is 18.2 Å². The van der Waals surface area contributed by atoms with Crippen LogP contribution in [0.5, 0.6) is 5.75 Å². The Labute approximate surface area is 164 Å². The fourth-order valence-corrected chi connectivity index (χ4v) is 2.80. The van der Waals surface area contributed by atoms with Gasteiger partial charge >= 0.3 is 0 Å². The van der Waals surface area contributed by atoms with Crippen LogP contribution in [0.25, 0.3) is 10.9 Å². The quantitative estimate of drug-likeness (QED) is 0.615. The van der Waals surface area contributed by atoms with Gasteiger partial charge < -0.3 is 14.8 Å². The Morgan fingerprint density at radius 1 is 1.41 bits per heavy atom. The van der Waals surface area contributed by atoms with Crippen LogP contribution in [0.1, 0.15) is 19.4 Å². The van der Waals surface area contributed by atoms with Crippen LogP contribution < -0.4 is 10.1 Å². The molecule has 1 aromatic heterocycles. The zero-order valence-corrected chi connectivity index (χ0v) is 16.6. The molecule has 0 aliphatic heterocycles. The van der Waals surface area contributed by atoms with Crippen molar-refractivity contribution in [3.05, 3.63) is 36.0 Å². The number of hydrogen-bond acceptors (Lipinski definition) is 5. The molecule has 0 aliphatic carbocycles. The number of pyridine rings is 1. The zero-order chi connectivity index (χ0) is 19.9. The summed E-state index contributed by atoms with van der Waals surface area (Å²) in [5, 5.41) is 3.74. The monoisotopic (exact) mass is 382 g/mol. The highest BCUT2D eigenvalue weighted by molar-refractivity contribution is 7.99. The molecule has 27 heavy (non-hydrogen) atoms. The normalized spacial score (nSPS) is 11.8. The number of carbonyl (C=O) groups is 1. The van der Waals surface area contributed by atoms with Crippen LogP contribution in [-0.2, 0) is 9.53 Å². The van der Waals surface area contributed by atoms with Gasteiger partial charge in [-0.2, -0.15) is 0 Å². The molecular weight excluding hydrogens is 360 g/mol. The van der Waals surface area contributed by atoms with Gasteiger partial charge in [-0.1, -0.05) is 17.8 Å². The Kier molecular flexibility index (Phi) is 7.12. The van der Waals surface area contributed by atoms with E-state index in [1.165, 1.54) is 11.8 Å². The summed E-state index contributed by atoms with van der Waals surface area (Å²) in [6.07, 6.45) is 8.89. The predicted octanol–water partition coefficient (Wildman–Crippen LogP) is 2.83. The highest BCUT2D eigenvalue weighted by Crippen LogP contribution is 2.23. The number of thioether (sulfide) groups is 1. The molecule has 1 heterocycles. The molecule has 140 valence electrons.